The molecule has 0 spiro atoms. The minimum atomic E-state index is -0.802. The monoisotopic (exact) mass is 323 g/mol. The maximum atomic E-state index is 12.4. The van der Waals surface area contributed by atoms with E-state index in [1.165, 1.54) is 18.3 Å². The van der Waals surface area contributed by atoms with Gasteiger partial charge in [0.1, 0.15) is 11.7 Å². The van der Waals surface area contributed by atoms with Gasteiger partial charge in [-0.25, -0.2) is 5.43 Å². The number of benzene rings is 2. The summed E-state index contributed by atoms with van der Waals surface area (Å²) in [6.07, 6.45) is 1.46. The van der Waals surface area contributed by atoms with E-state index in [1.807, 2.05) is 30.3 Å². The van der Waals surface area contributed by atoms with Gasteiger partial charge in [0.05, 0.1) is 6.21 Å². The highest BCUT2D eigenvalue weighted by Gasteiger charge is 2.40. The first-order chi connectivity index (χ1) is 11.6. The average molecular weight is 323 g/mol. The van der Waals surface area contributed by atoms with Crippen molar-refractivity contribution in [2.24, 2.45) is 11.0 Å². The van der Waals surface area contributed by atoms with Crippen LogP contribution in [0.15, 0.2) is 59.7 Å². The zero-order valence-corrected chi connectivity index (χ0v) is 12.8. The molecule has 1 heterocycles. The van der Waals surface area contributed by atoms with E-state index in [4.69, 9.17) is 0 Å². The first-order valence-electron chi connectivity index (χ1n) is 7.60. The summed E-state index contributed by atoms with van der Waals surface area (Å²) in [6.45, 7) is 0.433. The molecule has 0 radical (unpaired) electrons. The van der Waals surface area contributed by atoms with Gasteiger partial charge < -0.3 is 10.4 Å². The summed E-state index contributed by atoms with van der Waals surface area (Å²) in [5.41, 5.74) is 4.09. The first-order valence-corrected chi connectivity index (χ1v) is 7.60. The summed E-state index contributed by atoms with van der Waals surface area (Å²) in [7, 11) is 0. The van der Waals surface area contributed by atoms with Crippen molar-refractivity contribution in [3.8, 4) is 5.75 Å². The van der Waals surface area contributed by atoms with Gasteiger partial charge in [0.15, 0.2) is 0 Å². The van der Waals surface area contributed by atoms with Crippen LogP contribution in [0.2, 0.25) is 0 Å². The van der Waals surface area contributed by atoms with Crippen molar-refractivity contribution in [2.75, 3.05) is 6.54 Å². The predicted molar refractivity (Wildman–Crippen MR) is 89.5 cm³/mol. The Kier molecular flexibility index (Phi) is 4.56. The van der Waals surface area contributed by atoms with Crippen molar-refractivity contribution >= 4 is 18.0 Å². The fourth-order valence-corrected chi connectivity index (χ4v) is 2.73. The quantitative estimate of drug-likeness (QED) is 0.451. The summed E-state index contributed by atoms with van der Waals surface area (Å²) in [4.78, 5) is 24.4. The van der Waals surface area contributed by atoms with E-state index in [0.29, 0.717) is 6.54 Å². The first kappa shape index (κ1) is 15.7. The Morgan fingerprint density at radius 2 is 1.88 bits per heavy atom. The Labute approximate surface area is 139 Å². The van der Waals surface area contributed by atoms with E-state index in [0.717, 1.165) is 11.1 Å². The van der Waals surface area contributed by atoms with Crippen molar-refractivity contribution < 1.29 is 14.7 Å². The van der Waals surface area contributed by atoms with Gasteiger partial charge in [-0.1, -0.05) is 30.3 Å². The van der Waals surface area contributed by atoms with Gasteiger partial charge in [0.25, 0.3) is 5.91 Å². The van der Waals surface area contributed by atoms with Crippen LogP contribution < -0.4 is 10.7 Å². The molecule has 122 valence electrons. The van der Waals surface area contributed by atoms with E-state index in [2.05, 4.69) is 15.8 Å². The van der Waals surface area contributed by atoms with Crippen LogP contribution >= 0.6 is 0 Å². The molecule has 0 aliphatic carbocycles. The van der Waals surface area contributed by atoms with E-state index < -0.39 is 11.8 Å². The summed E-state index contributed by atoms with van der Waals surface area (Å²) in [5.74, 6) is -1.58. The Morgan fingerprint density at radius 3 is 2.58 bits per heavy atom. The van der Waals surface area contributed by atoms with Gasteiger partial charge in [-0.15, -0.1) is 0 Å². The number of hydrogen-bond acceptors (Lipinski definition) is 4. The van der Waals surface area contributed by atoms with Crippen molar-refractivity contribution in [1.82, 2.24) is 10.7 Å². The third-order valence-corrected chi connectivity index (χ3v) is 3.97. The third kappa shape index (κ3) is 3.43. The molecular weight excluding hydrogens is 306 g/mol. The van der Waals surface area contributed by atoms with Gasteiger partial charge in [-0.05, 0) is 35.4 Å². The summed E-state index contributed by atoms with van der Waals surface area (Å²) >= 11 is 0. The van der Waals surface area contributed by atoms with E-state index in [-0.39, 0.29) is 17.6 Å². The van der Waals surface area contributed by atoms with Gasteiger partial charge in [-0.3, -0.25) is 9.59 Å². The van der Waals surface area contributed by atoms with Crippen LogP contribution in [-0.2, 0) is 9.59 Å². The lowest BCUT2D eigenvalue weighted by Crippen LogP contribution is -2.34. The number of nitrogens with zero attached hydrogens (tertiary/aromatic N) is 1. The second-order valence-corrected chi connectivity index (χ2v) is 5.57. The smallest absolute Gasteiger partial charge is 0.253 e. The number of rotatable bonds is 4. The second kappa shape index (κ2) is 6.95. The number of amides is 2. The molecule has 0 bridgehead atoms. The van der Waals surface area contributed by atoms with Crippen LogP contribution in [0.1, 0.15) is 17.0 Å². The number of aromatic hydroxyl groups is 1. The molecule has 0 saturated carbocycles. The molecule has 2 atom stereocenters. The average Bonchev–Trinajstić information content (AvgIpc) is 2.99. The van der Waals surface area contributed by atoms with E-state index in [9.17, 15) is 14.7 Å². The van der Waals surface area contributed by atoms with Crippen molar-refractivity contribution in [2.45, 2.75) is 5.92 Å². The normalized spacial score (nSPS) is 20.1. The SMILES string of the molecule is O=C1NC[C@@H](c2ccccc2)[C@H]1C(=O)N/N=C/c1ccc(O)cc1. The minimum absolute atomic E-state index is 0.157. The Balaban J connectivity index is 1.68. The molecule has 2 aromatic carbocycles. The van der Waals surface area contributed by atoms with Crippen molar-refractivity contribution in [1.29, 1.82) is 0 Å². The fourth-order valence-electron chi connectivity index (χ4n) is 2.73. The molecule has 3 rings (SSSR count). The second-order valence-electron chi connectivity index (χ2n) is 5.57. The molecule has 2 amide bonds. The Hall–Kier alpha value is -3.15. The minimum Gasteiger partial charge on any atom is -0.508 e. The van der Waals surface area contributed by atoms with Crippen LogP contribution in [0.5, 0.6) is 5.75 Å². The number of carbonyl (C=O) groups is 2. The van der Waals surface area contributed by atoms with Crippen LogP contribution in [0.3, 0.4) is 0 Å². The molecule has 0 unspecified atom stereocenters. The zero-order chi connectivity index (χ0) is 16.9. The predicted octanol–water partition coefficient (Wildman–Crippen LogP) is 1.37. The number of hydrogen-bond donors (Lipinski definition) is 3. The maximum Gasteiger partial charge on any atom is 0.253 e. The molecule has 1 aliphatic heterocycles. The summed E-state index contributed by atoms with van der Waals surface area (Å²) < 4.78 is 0. The molecule has 3 N–H and O–H groups in total. The van der Waals surface area contributed by atoms with Crippen LogP contribution in [0, 0.1) is 5.92 Å². The number of carbonyl (C=O) groups excluding carboxylic acids is 2. The number of hydrazone groups is 1. The van der Waals surface area contributed by atoms with Gasteiger partial charge in [0.2, 0.25) is 5.91 Å². The molecule has 24 heavy (non-hydrogen) atoms. The van der Waals surface area contributed by atoms with Crippen LogP contribution in [0.25, 0.3) is 0 Å². The molecule has 6 nitrogen and oxygen atoms in total. The van der Waals surface area contributed by atoms with E-state index in [1.54, 1.807) is 12.1 Å². The highest BCUT2D eigenvalue weighted by Crippen LogP contribution is 2.28. The van der Waals surface area contributed by atoms with Gasteiger partial charge in [0, 0.05) is 12.5 Å². The van der Waals surface area contributed by atoms with Crippen molar-refractivity contribution in [3.05, 3.63) is 65.7 Å². The Morgan fingerprint density at radius 1 is 1.17 bits per heavy atom. The number of phenols is 1. The third-order valence-electron chi connectivity index (χ3n) is 3.97. The zero-order valence-electron chi connectivity index (χ0n) is 12.8. The lowest BCUT2D eigenvalue weighted by molar-refractivity contribution is -0.133. The lowest BCUT2D eigenvalue weighted by atomic mass is 9.88. The number of phenolic OH excluding ortho intramolecular Hbond substituents is 1. The topological polar surface area (TPSA) is 90.8 Å². The Bertz CT molecular complexity index is 757. The fraction of sp³-hybridized carbons (Fsp3) is 0.167. The standard InChI is InChI=1S/C18H17N3O3/c22-14-8-6-12(7-9-14)10-20-21-18(24)16-15(11-19-17(16)23)13-4-2-1-3-5-13/h1-10,15-16,22H,11H2,(H,19,23)(H,21,24)/b20-10+/t15-,16+/m0/s1. The molecule has 1 fully saturated rings. The highest BCUT2D eigenvalue weighted by molar-refractivity contribution is 6.03. The largest absolute Gasteiger partial charge is 0.508 e. The van der Waals surface area contributed by atoms with Gasteiger partial charge >= 0.3 is 0 Å². The van der Waals surface area contributed by atoms with Crippen LogP contribution in [-0.4, -0.2) is 29.7 Å². The molecule has 1 saturated heterocycles. The lowest BCUT2D eigenvalue weighted by Gasteiger charge is -2.15. The van der Waals surface area contributed by atoms with Gasteiger partial charge in [-0.2, -0.15) is 5.10 Å². The van der Waals surface area contributed by atoms with Crippen molar-refractivity contribution in [3.63, 3.8) is 0 Å². The molecule has 2 aromatic rings. The molecule has 0 aromatic heterocycles. The van der Waals surface area contributed by atoms with Crippen LogP contribution in [0.4, 0.5) is 0 Å². The maximum absolute atomic E-state index is 12.4. The summed E-state index contributed by atoms with van der Waals surface area (Å²) in [5, 5.41) is 15.8. The number of nitrogens with one attached hydrogen (secondary N) is 2. The molecule has 6 heteroatoms. The summed E-state index contributed by atoms with van der Waals surface area (Å²) in [6, 6.07) is 15.9. The van der Waals surface area contributed by atoms with E-state index >= 15 is 0 Å². The molecular formula is C18H17N3O3. The highest BCUT2D eigenvalue weighted by atomic mass is 16.3. The molecule has 1 aliphatic rings.